The molecule has 110 valence electrons. The zero-order valence-electron chi connectivity index (χ0n) is 11.6. The number of benzene rings is 2. The van der Waals surface area contributed by atoms with Gasteiger partial charge in [0, 0.05) is 6.54 Å². The molecule has 0 heterocycles. The SMILES string of the molecule is Cc1cccc(CCNC(=O)c2c(F)ccc(N)c2F)c1. The van der Waals surface area contributed by atoms with Crippen molar-refractivity contribution in [3.05, 3.63) is 64.7 Å². The summed E-state index contributed by atoms with van der Waals surface area (Å²) in [6, 6.07) is 9.89. The van der Waals surface area contributed by atoms with Crippen LogP contribution in [0.5, 0.6) is 0 Å². The number of carbonyl (C=O) groups is 1. The summed E-state index contributed by atoms with van der Waals surface area (Å²) in [5, 5.41) is 2.50. The molecular weight excluding hydrogens is 274 g/mol. The van der Waals surface area contributed by atoms with Gasteiger partial charge >= 0.3 is 0 Å². The van der Waals surface area contributed by atoms with E-state index in [0.717, 1.165) is 23.3 Å². The Labute approximate surface area is 121 Å². The fraction of sp³-hybridized carbons (Fsp3) is 0.188. The van der Waals surface area contributed by atoms with Crippen molar-refractivity contribution < 1.29 is 13.6 Å². The minimum Gasteiger partial charge on any atom is -0.396 e. The van der Waals surface area contributed by atoms with Crippen LogP contribution in [0.25, 0.3) is 0 Å². The average molecular weight is 290 g/mol. The van der Waals surface area contributed by atoms with Gasteiger partial charge in [-0.3, -0.25) is 4.79 Å². The first-order valence-corrected chi connectivity index (χ1v) is 6.56. The second kappa shape index (κ2) is 6.35. The molecule has 0 aromatic heterocycles. The number of hydrogen-bond acceptors (Lipinski definition) is 2. The Hall–Kier alpha value is -2.43. The number of amides is 1. The fourth-order valence-electron chi connectivity index (χ4n) is 2.05. The highest BCUT2D eigenvalue weighted by Gasteiger charge is 2.19. The number of nitrogen functional groups attached to an aromatic ring is 1. The Kier molecular flexibility index (Phi) is 4.52. The van der Waals surface area contributed by atoms with Gasteiger partial charge in [-0.2, -0.15) is 0 Å². The minimum absolute atomic E-state index is 0.250. The summed E-state index contributed by atoms with van der Waals surface area (Å²) in [4.78, 5) is 11.8. The van der Waals surface area contributed by atoms with Crippen LogP contribution >= 0.6 is 0 Å². The minimum atomic E-state index is -1.02. The van der Waals surface area contributed by atoms with E-state index in [-0.39, 0.29) is 12.2 Å². The van der Waals surface area contributed by atoms with Crippen molar-refractivity contribution in [2.45, 2.75) is 13.3 Å². The van der Waals surface area contributed by atoms with E-state index in [0.29, 0.717) is 6.42 Å². The average Bonchev–Trinajstić information content (AvgIpc) is 2.43. The molecule has 0 aliphatic heterocycles. The van der Waals surface area contributed by atoms with Crippen molar-refractivity contribution in [3.63, 3.8) is 0 Å². The second-order valence-corrected chi connectivity index (χ2v) is 4.82. The van der Waals surface area contributed by atoms with Gasteiger partial charge in [-0.05, 0) is 31.0 Å². The van der Waals surface area contributed by atoms with Gasteiger partial charge in [0.05, 0.1) is 5.69 Å². The lowest BCUT2D eigenvalue weighted by atomic mass is 10.1. The van der Waals surface area contributed by atoms with Crippen LogP contribution in [0, 0.1) is 18.6 Å². The van der Waals surface area contributed by atoms with Gasteiger partial charge in [-0.15, -0.1) is 0 Å². The molecule has 1 amide bonds. The van der Waals surface area contributed by atoms with Gasteiger partial charge < -0.3 is 11.1 Å². The number of aryl methyl sites for hydroxylation is 1. The summed E-state index contributed by atoms with van der Waals surface area (Å²) in [7, 11) is 0. The van der Waals surface area contributed by atoms with E-state index in [4.69, 9.17) is 5.73 Å². The van der Waals surface area contributed by atoms with Gasteiger partial charge in [-0.1, -0.05) is 29.8 Å². The predicted molar refractivity (Wildman–Crippen MR) is 78.0 cm³/mol. The zero-order chi connectivity index (χ0) is 15.4. The van der Waals surface area contributed by atoms with Crippen molar-refractivity contribution >= 4 is 11.6 Å². The van der Waals surface area contributed by atoms with Crippen LogP contribution in [-0.4, -0.2) is 12.5 Å². The number of nitrogens with one attached hydrogen (secondary N) is 1. The lowest BCUT2D eigenvalue weighted by molar-refractivity contribution is 0.0946. The Morgan fingerprint density at radius 1 is 1.24 bits per heavy atom. The zero-order valence-corrected chi connectivity index (χ0v) is 11.6. The van der Waals surface area contributed by atoms with Crippen molar-refractivity contribution in [1.82, 2.24) is 5.32 Å². The molecule has 21 heavy (non-hydrogen) atoms. The summed E-state index contributed by atoms with van der Waals surface area (Å²) in [5.41, 5.74) is 6.62. The van der Waals surface area contributed by atoms with Crippen LogP contribution in [-0.2, 0) is 6.42 Å². The Morgan fingerprint density at radius 3 is 2.71 bits per heavy atom. The highest BCUT2D eigenvalue weighted by molar-refractivity contribution is 5.95. The van der Waals surface area contributed by atoms with E-state index >= 15 is 0 Å². The fourth-order valence-corrected chi connectivity index (χ4v) is 2.05. The number of carbonyl (C=O) groups excluding carboxylic acids is 1. The standard InChI is InChI=1S/C16H16F2N2O/c1-10-3-2-4-11(9-10)7-8-20-16(21)14-12(17)5-6-13(19)15(14)18/h2-6,9H,7-8,19H2,1H3,(H,20,21). The summed E-state index contributed by atoms with van der Waals surface area (Å²) in [5.74, 6) is -2.75. The number of anilines is 1. The molecule has 0 saturated carbocycles. The number of hydrogen-bond donors (Lipinski definition) is 2. The first-order valence-electron chi connectivity index (χ1n) is 6.56. The van der Waals surface area contributed by atoms with Crippen LogP contribution in [0.4, 0.5) is 14.5 Å². The monoisotopic (exact) mass is 290 g/mol. The molecule has 5 heteroatoms. The summed E-state index contributed by atoms with van der Waals surface area (Å²) < 4.78 is 27.2. The predicted octanol–water partition coefficient (Wildman–Crippen LogP) is 2.83. The number of rotatable bonds is 4. The first kappa shape index (κ1) is 15.0. The van der Waals surface area contributed by atoms with Gasteiger partial charge in [0.2, 0.25) is 0 Å². The highest BCUT2D eigenvalue weighted by Crippen LogP contribution is 2.18. The van der Waals surface area contributed by atoms with Gasteiger partial charge in [0.15, 0.2) is 5.82 Å². The lowest BCUT2D eigenvalue weighted by Crippen LogP contribution is -2.28. The molecule has 0 unspecified atom stereocenters. The molecule has 0 fully saturated rings. The number of halogens is 2. The molecule has 0 saturated heterocycles. The molecule has 0 bridgehead atoms. The summed E-state index contributed by atoms with van der Waals surface area (Å²) >= 11 is 0. The molecule has 0 radical (unpaired) electrons. The van der Waals surface area contributed by atoms with Crippen molar-refractivity contribution in [3.8, 4) is 0 Å². The maximum Gasteiger partial charge on any atom is 0.257 e. The Morgan fingerprint density at radius 2 is 2.00 bits per heavy atom. The molecule has 0 spiro atoms. The molecule has 2 aromatic rings. The molecule has 2 rings (SSSR count). The Balaban J connectivity index is 2.01. The van der Waals surface area contributed by atoms with Crippen LogP contribution in [0.15, 0.2) is 36.4 Å². The van der Waals surface area contributed by atoms with Crippen LogP contribution < -0.4 is 11.1 Å². The topological polar surface area (TPSA) is 55.1 Å². The smallest absolute Gasteiger partial charge is 0.257 e. The molecular formula is C16H16F2N2O. The lowest BCUT2D eigenvalue weighted by Gasteiger charge is -2.09. The third-order valence-corrected chi connectivity index (χ3v) is 3.13. The van der Waals surface area contributed by atoms with Crippen LogP contribution in [0.3, 0.4) is 0 Å². The highest BCUT2D eigenvalue weighted by atomic mass is 19.1. The quantitative estimate of drug-likeness (QED) is 0.851. The third-order valence-electron chi connectivity index (χ3n) is 3.13. The largest absolute Gasteiger partial charge is 0.396 e. The van der Waals surface area contributed by atoms with Gasteiger partial charge in [-0.25, -0.2) is 8.78 Å². The molecule has 0 aliphatic carbocycles. The van der Waals surface area contributed by atoms with Crippen LogP contribution in [0.1, 0.15) is 21.5 Å². The summed E-state index contributed by atoms with van der Waals surface area (Å²) in [6.07, 6.45) is 0.582. The normalized spacial score (nSPS) is 10.4. The molecule has 3 N–H and O–H groups in total. The van der Waals surface area contributed by atoms with E-state index in [2.05, 4.69) is 5.32 Å². The first-order chi connectivity index (χ1) is 9.99. The van der Waals surface area contributed by atoms with Gasteiger partial charge in [0.25, 0.3) is 5.91 Å². The molecule has 2 aromatic carbocycles. The maximum atomic E-state index is 13.7. The van der Waals surface area contributed by atoms with E-state index in [1.165, 1.54) is 0 Å². The molecule has 0 atom stereocenters. The Bertz CT molecular complexity index is 671. The third kappa shape index (κ3) is 3.56. The van der Waals surface area contributed by atoms with E-state index in [9.17, 15) is 13.6 Å². The van der Waals surface area contributed by atoms with E-state index in [1.54, 1.807) is 0 Å². The summed E-state index contributed by atoms with van der Waals surface area (Å²) in [6.45, 7) is 2.26. The molecule has 3 nitrogen and oxygen atoms in total. The molecule has 0 aliphatic rings. The van der Waals surface area contributed by atoms with E-state index in [1.807, 2.05) is 31.2 Å². The van der Waals surface area contributed by atoms with Gasteiger partial charge in [0.1, 0.15) is 11.4 Å². The second-order valence-electron chi connectivity index (χ2n) is 4.82. The maximum absolute atomic E-state index is 13.7. The number of nitrogens with two attached hydrogens (primary N) is 1. The van der Waals surface area contributed by atoms with Crippen LogP contribution in [0.2, 0.25) is 0 Å². The van der Waals surface area contributed by atoms with Crippen molar-refractivity contribution in [1.29, 1.82) is 0 Å². The van der Waals surface area contributed by atoms with Crippen molar-refractivity contribution in [2.24, 2.45) is 0 Å². The van der Waals surface area contributed by atoms with Crippen molar-refractivity contribution in [2.75, 3.05) is 12.3 Å². The van der Waals surface area contributed by atoms with E-state index < -0.39 is 23.1 Å².